The van der Waals surface area contributed by atoms with Gasteiger partial charge in [0.15, 0.2) is 0 Å². The van der Waals surface area contributed by atoms with E-state index in [1.165, 1.54) is 14.0 Å². The summed E-state index contributed by atoms with van der Waals surface area (Å²) in [7, 11) is 1.50. The highest BCUT2D eigenvalue weighted by atomic mass is 16.5. The molecule has 1 rings (SSSR count). The fourth-order valence-corrected chi connectivity index (χ4v) is 1.64. The minimum absolute atomic E-state index is 0.193. The van der Waals surface area contributed by atoms with Crippen LogP contribution in [0.2, 0.25) is 0 Å². The van der Waals surface area contributed by atoms with Crippen molar-refractivity contribution in [2.45, 2.75) is 32.8 Å². The Morgan fingerprint density at radius 3 is 2.60 bits per heavy atom. The number of nitrogens with one attached hydrogen (secondary N) is 2. The number of carbonyl (C=O) groups is 2. The lowest BCUT2D eigenvalue weighted by Gasteiger charge is -2.12. The van der Waals surface area contributed by atoms with Crippen molar-refractivity contribution in [2.75, 3.05) is 17.7 Å². The summed E-state index contributed by atoms with van der Waals surface area (Å²) in [6.07, 6.45) is 0.0819. The molecule has 0 spiro atoms. The van der Waals surface area contributed by atoms with Gasteiger partial charge >= 0.3 is 0 Å². The van der Waals surface area contributed by atoms with Crippen LogP contribution in [0.15, 0.2) is 18.2 Å². The van der Waals surface area contributed by atoms with Gasteiger partial charge in [0.25, 0.3) is 0 Å². The van der Waals surface area contributed by atoms with Crippen molar-refractivity contribution in [1.82, 2.24) is 0 Å². The summed E-state index contributed by atoms with van der Waals surface area (Å²) in [4.78, 5) is 22.8. The third-order valence-electron chi connectivity index (χ3n) is 2.58. The Morgan fingerprint density at radius 2 is 2.05 bits per heavy atom. The second-order valence-electron chi connectivity index (χ2n) is 4.53. The number of methoxy groups -OCH3 is 1. The van der Waals surface area contributed by atoms with Gasteiger partial charge in [-0.15, -0.1) is 0 Å². The van der Waals surface area contributed by atoms with Crippen LogP contribution in [0, 0.1) is 0 Å². The fraction of sp³-hybridized carbons (Fsp3) is 0.429. The number of amides is 2. The van der Waals surface area contributed by atoms with Crippen LogP contribution in [0.25, 0.3) is 0 Å². The monoisotopic (exact) mass is 280 g/mol. The highest BCUT2D eigenvalue weighted by Crippen LogP contribution is 2.28. The summed E-state index contributed by atoms with van der Waals surface area (Å²) in [6.45, 7) is 3.04. The minimum Gasteiger partial charge on any atom is -0.495 e. The molecular weight excluding hydrogens is 260 g/mol. The standard InChI is InChI=1S/C14H20N2O4/c1-9(17)4-7-14(19)16-12-8-11(15-10(2)18)5-6-13(12)20-3/h5-6,8-9,17H,4,7H2,1-3H3,(H,15,18)(H,16,19). The largest absolute Gasteiger partial charge is 0.495 e. The van der Waals surface area contributed by atoms with Crippen LogP contribution < -0.4 is 15.4 Å². The molecule has 0 bridgehead atoms. The van der Waals surface area contributed by atoms with E-state index in [0.29, 0.717) is 23.5 Å². The SMILES string of the molecule is COc1ccc(NC(C)=O)cc1NC(=O)CCC(C)O. The number of aliphatic hydroxyl groups excluding tert-OH is 1. The Balaban J connectivity index is 2.80. The van der Waals surface area contributed by atoms with Crippen LogP contribution in [0.1, 0.15) is 26.7 Å². The van der Waals surface area contributed by atoms with E-state index in [1.54, 1.807) is 25.1 Å². The zero-order valence-corrected chi connectivity index (χ0v) is 11.9. The number of benzene rings is 1. The Labute approximate surface area is 118 Å². The first kappa shape index (κ1) is 16.0. The molecule has 6 nitrogen and oxygen atoms in total. The molecule has 20 heavy (non-hydrogen) atoms. The van der Waals surface area contributed by atoms with Gasteiger partial charge in [-0.25, -0.2) is 0 Å². The molecule has 1 unspecified atom stereocenters. The van der Waals surface area contributed by atoms with Gasteiger partial charge in [-0.1, -0.05) is 0 Å². The summed E-state index contributed by atoms with van der Waals surface area (Å²) in [5.74, 6) is 0.0928. The molecule has 110 valence electrons. The highest BCUT2D eigenvalue weighted by Gasteiger charge is 2.10. The number of hydrogen-bond acceptors (Lipinski definition) is 4. The topological polar surface area (TPSA) is 87.7 Å². The first-order chi connectivity index (χ1) is 9.42. The van der Waals surface area contributed by atoms with Crippen molar-refractivity contribution >= 4 is 23.2 Å². The van der Waals surface area contributed by atoms with Gasteiger partial charge in [0.1, 0.15) is 5.75 Å². The lowest BCUT2D eigenvalue weighted by atomic mass is 10.2. The third-order valence-corrected chi connectivity index (χ3v) is 2.58. The molecule has 3 N–H and O–H groups in total. The van der Waals surface area contributed by atoms with E-state index in [9.17, 15) is 9.59 Å². The highest BCUT2D eigenvalue weighted by molar-refractivity contribution is 5.94. The van der Waals surface area contributed by atoms with Crippen LogP contribution in [-0.2, 0) is 9.59 Å². The van der Waals surface area contributed by atoms with E-state index in [4.69, 9.17) is 9.84 Å². The molecule has 0 aliphatic rings. The van der Waals surface area contributed by atoms with E-state index in [2.05, 4.69) is 10.6 Å². The van der Waals surface area contributed by atoms with Gasteiger partial charge in [-0.3, -0.25) is 9.59 Å². The summed E-state index contributed by atoms with van der Waals surface area (Å²) in [6, 6.07) is 4.97. The molecule has 0 radical (unpaired) electrons. The summed E-state index contributed by atoms with van der Waals surface area (Å²) >= 11 is 0. The molecule has 0 aliphatic heterocycles. The predicted molar refractivity (Wildman–Crippen MR) is 76.8 cm³/mol. The van der Waals surface area contributed by atoms with Crippen LogP contribution in [0.3, 0.4) is 0 Å². The predicted octanol–water partition coefficient (Wildman–Crippen LogP) is 1.75. The van der Waals surface area contributed by atoms with Gasteiger partial charge in [-0.2, -0.15) is 0 Å². The van der Waals surface area contributed by atoms with Crippen LogP contribution in [-0.4, -0.2) is 30.1 Å². The molecule has 1 aromatic carbocycles. The number of hydrogen-bond donors (Lipinski definition) is 3. The number of rotatable bonds is 6. The Bertz CT molecular complexity index is 486. The van der Waals surface area contributed by atoms with E-state index < -0.39 is 6.10 Å². The van der Waals surface area contributed by atoms with Gasteiger partial charge in [0.2, 0.25) is 11.8 Å². The Kier molecular flexibility index (Phi) is 5.99. The van der Waals surface area contributed by atoms with Crippen molar-refractivity contribution in [1.29, 1.82) is 0 Å². The van der Waals surface area contributed by atoms with E-state index in [0.717, 1.165) is 0 Å². The molecule has 2 amide bonds. The third kappa shape index (κ3) is 5.27. The zero-order valence-electron chi connectivity index (χ0n) is 11.9. The number of ether oxygens (including phenoxy) is 1. The lowest BCUT2D eigenvalue weighted by molar-refractivity contribution is -0.116. The van der Waals surface area contributed by atoms with Crippen molar-refractivity contribution in [3.63, 3.8) is 0 Å². The second-order valence-corrected chi connectivity index (χ2v) is 4.53. The van der Waals surface area contributed by atoms with Gasteiger partial charge in [-0.05, 0) is 31.5 Å². The molecule has 1 aromatic rings. The van der Waals surface area contributed by atoms with E-state index >= 15 is 0 Å². The Hall–Kier alpha value is -2.08. The molecule has 0 saturated carbocycles. The summed E-state index contributed by atoms with van der Waals surface area (Å²) in [5.41, 5.74) is 1.05. The van der Waals surface area contributed by atoms with Crippen molar-refractivity contribution < 1.29 is 19.4 Å². The molecule has 0 heterocycles. The van der Waals surface area contributed by atoms with Gasteiger partial charge < -0.3 is 20.5 Å². The average Bonchev–Trinajstić information content (AvgIpc) is 2.36. The maximum absolute atomic E-state index is 11.8. The minimum atomic E-state index is -0.520. The molecule has 1 atom stereocenters. The van der Waals surface area contributed by atoms with Crippen LogP contribution >= 0.6 is 0 Å². The second kappa shape index (κ2) is 7.49. The molecule has 0 fully saturated rings. The van der Waals surface area contributed by atoms with E-state index in [1.807, 2.05) is 0 Å². The molecule has 0 aromatic heterocycles. The van der Waals surface area contributed by atoms with E-state index in [-0.39, 0.29) is 18.2 Å². The van der Waals surface area contributed by atoms with Crippen molar-refractivity contribution in [2.24, 2.45) is 0 Å². The smallest absolute Gasteiger partial charge is 0.224 e. The van der Waals surface area contributed by atoms with Gasteiger partial charge in [0, 0.05) is 19.0 Å². The molecule has 0 aliphatic carbocycles. The lowest BCUT2D eigenvalue weighted by Crippen LogP contribution is -2.15. The van der Waals surface area contributed by atoms with Crippen LogP contribution in [0.5, 0.6) is 5.75 Å². The molecular formula is C14H20N2O4. The maximum atomic E-state index is 11.8. The number of carbonyl (C=O) groups excluding carboxylic acids is 2. The number of aliphatic hydroxyl groups is 1. The number of anilines is 2. The fourth-order valence-electron chi connectivity index (χ4n) is 1.64. The van der Waals surface area contributed by atoms with Crippen LogP contribution in [0.4, 0.5) is 11.4 Å². The molecule has 0 saturated heterocycles. The van der Waals surface area contributed by atoms with Crippen molar-refractivity contribution in [3.8, 4) is 5.75 Å². The van der Waals surface area contributed by atoms with Gasteiger partial charge in [0.05, 0.1) is 18.9 Å². The zero-order chi connectivity index (χ0) is 15.1. The quantitative estimate of drug-likeness (QED) is 0.741. The Morgan fingerprint density at radius 1 is 1.35 bits per heavy atom. The van der Waals surface area contributed by atoms with Crippen molar-refractivity contribution in [3.05, 3.63) is 18.2 Å². The maximum Gasteiger partial charge on any atom is 0.224 e. The summed E-state index contributed by atoms with van der Waals surface area (Å²) in [5, 5.41) is 14.5. The first-order valence-corrected chi connectivity index (χ1v) is 6.36. The molecule has 6 heteroatoms. The summed E-state index contributed by atoms with van der Waals surface area (Å²) < 4.78 is 5.15. The normalized spacial score (nSPS) is 11.6. The average molecular weight is 280 g/mol. The first-order valence-electron chi connectivity index (χ1n) is 6.36.